The Hall–Kier alpha value is -2.63. The van der Waals surface area contributed by atoms with E-state index in [1.54, 1.807) is 24.3 Å². The SMILES string of the molecule is Cc1ccc(S(=O)[C@@]2(Cl)[C@H](C(C)C)[C@@]2(CCc2ccccc2)COC(=O)Oc2ccccc2)cc1. The smallest absolute Gasteiger partial charge is 0.433 e. The number of aryl methyl sites for hydroxylation is 2. The first-order chi connectivity index (χ1) is 16.8. The van der Waals surface area contributed by atoms with Gasteiger partial charge in [-0.15, -0.1) is 11.6 Å². The molecule has 3 aromatic rings. The molecule has 0 aliphatic heterocycles. The lowest BCUT2D eigenvalue weighted by Crippen LogP contribution is -2.27. The molecule has 4 nitrogen and oxygen atoms in total. The molecule has 1 aliphatic carbocycles. The number of ether oxygens (including phenoxy) is 2. The van der Waals surface area contributed by atoms with E-state index >= 15 is 0 Å². The van der Waals surface area contributed by atoms with Gasteiger partial charge in [0.1, 0.15) is 16.6 Å². The molecule has 0 spiro atoms. The van der Waals surface area contributed by atoms with Crippen molar-refractivity contribution in [2.75, 3.05) is 6.61 Å². The maximum absolute atomic E-state index is 13.9. The molecule has 4 rings (SSSR count). The highest BCUT2D eigenvalue weighted by Gasteiger charge is 2.80. The number of rotatable bonds is 9. The Balaban J connectivity index is 1.61. The van der Waals surface area contributed by atoms with E-state index in [-0.39, 0.29) is 18.4 Å². The van der Waals surface area contributed by atoms with Crippen LogP contribution in [0.25, 0.3) is 0 Å². The molecule has 0 bridgehead atoms. The molecule has 6 heteroatoms. The third-order valence-corrected chi connectivity index (χ3v) is 9.79. The van der Waals surface area contributed by atoms with E-state index in [1.807, 2.05) is 55.5 Å². The van der Waals surface area contributed by atoms with Crippen LogP contribution in [-0.4, -0.2) is 21.2 Å². The van der Waals surface area contributed by atoms with E-state index in [0.29, 0.717) is 17.1 Å². The van der Waals surface area contributed by atoms with E-state index in [9.17, 15) is 9.00 Å². The Morgan fingerprint density at radius 3 is 2.17 bits per heavy atom. The summed E-state index contributed by atoms with van der Waals surface area (Å²) in [5, 5.41) is 0. The van der Waals surface area contributed by atoms with Gasteiger partial charge in [-0.1, -0.05) is 80.1 Å². The minimum Gasteiger partial charge on any atom is -0.433 e. The summed E-state index contributed by atoms with van der Waals surface area (Å²) in [5.74, 6) is 0.450. The number of hydrogen-bond donors (Lipinski definition) is 0. The monoisotopic (exact) mass is 510 g/mol. The molecule has 0 N–H and O–H groups in total. The zero-order valence-corrected chi connectivity index (χ0v) is 21.9. The van der Waals surface area contributed by atoms with Crippen LogP contribution < -0.4 is 4.74 Å². The lowest BCUT2D eigenvalue weighted by Gasteiger charge is -2.21. The molecule has 1 unspecified atom stereocenters. The van der Waals surface area contributed by atoms with Crippen LogP contribution >= 0.6 is 11.6 Å². The Morgan fingerprint density at radius 2 is 1.57 bits per heavy atom. The number of alkyl halides is 1. The Kier molecular flexibility index (Phi) is 7.67. The molecule has 0 heterocycles. The van der Waals surface area contributed by atoms with Gasteiger partial charge in [-0.05, 0) is 55.5 Å². The molecule has 0 aromatic heterocycles. The van der Waals surface area contributed by atoms with Gasteiger partial charge in [0, 0.05) is 16.2 Å². The minimum atomic E-state index is -1.50. The van der Waals surface area contributed by atoms with E-state index in [0.717, 1.165) is 17.5 Å². The highest BCUT2D eigenvalue weighted by atomic mass is 35.5. The van der Waals surface area contributed by atoms with Crippen LogP contribution in [-0.2, 0) is 22.0 Å². The highest BCUT2D eigenvalue weighted by molar-refractivity contribution is 7.88. The molecule has 0 amide bonds. The first-order valence-electron chi connectivity index (χ1n) is 11.9. The quantitative estimate of drug-likeness (QED) is 0.174. The van der Waals surface area contributed by atoms with Crippen molar-refractivity contribution in [2.24, 2.45) is 17.3 Å². The van der Waals surface area contributed by atoms with E-state index in [2.05, 4.69) is 26.0 Å². The van der Waals surface area contributed by atoms with Gasteiger partial charge in [0.2, 0.25) is 0 Å². The average molecular weight is 511 g/mol. The molecule has 1 aliphatic rings. The third kappa shape index (κ3) is 5.17. The van der Waals surface area contributed by atoms with Crippen LogP contribution in [0.2, 0.25) is 0 Å². The summed E-state index contributed by atoms with van der Waals surface area (Å²) in [4.78, 5) is 13.2. The summed E-state index contributed by atoms with van der Waals surface area (Å²) in [5.41, 5.74) is 1.59. The third-order valence-electron chi connectivity index (χ3n) is 6.86. The van der Waals surface area contributed by atoms with Crippen LogP contribution in [0, 0.1) is 24.2 Å². The summed E-state index contributed by atoms with van der Waals surface area (Å²) in [6.07, 6.45) is 0.588. The maximum atomic E-state index is 13.9. The van der Waals surface area contributed by atoms with Crippen molar-refractivity contribution in [1.29, 1.82) is 0 Å². The maximum Gasteiger partial charge on any atom is 0.513 e. The lowest BCUT2D eigenvalue weighted by atomic mass is 9.91. The van der Waals surface area contributed by atoms with Crippen molar-refractivity contribution in [3.8, 4) is 5.75 Å². The fraction of sp³-hybridized carbons (Fsp3) is 0.345. The first-order valence-corrected chi connectivity index (χ1v) is 13.4. The molecule has 0 saturated heterocycles. The van der Waals surface area contributed by atoms with Crippen LogP contribution in [0.1, 0.15) is 31.4 Å². The van der Waals surface area contributed by atoms with Gasteiger partial charge in [-0.3, -0.25) is 4.21 Å². The zero-order chi connectivity index (χ0) is 25.1. The number of benzene rings is 3. The molecule has 1 saturated carbocycles. The van der Waals surface area contributed by atoms with Crippen LogP contribution in [0.4, 0.5) is 4.79 Å². The number of carbonyl (C=O) groups is 1. The van der Waals surface area contributed by atoms with Crippen LogP contribution in [0.3, 0.4) is 0 Å². The van der Waals surface area contributed by atoms with Gasteiger partial charge >= 0.3 is 6.16 Å². The van der Waals surface area contributed by atoms with Crippen molar-refractivity contribution < 1.29 is 18.5 Å². The molecule has 3 aromatic carbocycles. The van der Waals surface area contributed by atoms with Gasteiger partial charge in [-0.25, -0.2) is 4.79 Å². The topological polar surface area (TPSA) is 52.6 Å². The van der Waals surface area contributed by atoms with E-state index < -0.39 is 26.6 Å². The summed E-state index contributed by atoms with van der Waals surface area (Å²) in [6, 6.07) is 26.6. The minimum absolute atomic E-state index is 0.0372. The van der Waals surface area contributed by atoms with Crippen molar-refractivity contribution in [2.45, 2.75) is 42.7 Å². The summed E-state index contributed by atoms with van der Waals surface area (Å²) < 4.78 is 23.9. The summed E-state index contributed by atoms with van der Waals surface area (Å²) in [6.45, 7) is 6.20. The predicted octanol–water partition coefficient (Wildman–Crippen LogP) is 7.16. The Bertz CT molecular complexity index is 1170. The molecule has 1 fully saturated rings. The summed E-state index contributed by atoms with van der Waals surface area (Å²) in [7, 11) is -1.50. The first kappa shape index (κ1) is 25.5. The lowest BCUT2D eigenvalue weighted by molar-refractivity contribution is 0.0713. The van der Waals surface area contributed by atoms with E-state index in [4.69, 9.17) is 21.1 Å². The second-order valence-electron chi connectivity index (χ2n) is 9.54. The molecule has 35 heavy (non-hydrogen) atoms. The number of halogens is 1. The second-order valence-corrected chi connectivity index (χ2v) is 12.0. The van der Waals surface area contributed by atoms with E-state index in [1.165, 1.54) is 0 Å². The van der Waals surface area contributed by atoms with Gasteiger partial charge in [0.15, 0.2) is 0 Å². The molecule has 0 radical (unpaired) electrons. The largest absolute Gasteiger partial charge is 0.513 e. The predicted molar refractivity (Wildman–Crippen MR) is 140 cm³/mol. The normalized spacial score (nSPS) is 24.1. The van der Waals surface area contributed by atoms with Crippen molar-refractivity contribution in [1.82, 2.24) is 0 Å². The fourth-order valence-corrected chi connectivity index (χ4v) is 8.14. The average Bonchev–Trinajstić information content (AvgIpc) is 3.42. The second kappa shape index (κ2) is 10.5. The molecular formula is C29H31ClO4S. The van der Waals surface area contributed by atoms with Crippen molar-refractivity contribution in [3.63, 3.8) is 0 Å². The van der Waals surface area contributed by atoms with Gasteiger partial charge in [-0.2, -0.15) is 0 Å². The highest BCUT2D eigenvalue weighted by Crippen LogP contribution is 2.73. The Morgan fingerprint density at radius 1 is 0.971 bits per heavy atom. The molecular weight excluding hydrogens is 480 g/mol. The zero-order valence-electron chi connectivity index (χ0n) is 20.3. The fourth-order valence-electron chi connectivity index (χ4n) is 5.15. The van der Waals surface area contributed by atoms with Crippen LogP contribution in [0.15, 0.2) is 89.8 Å². The van der Waals surface area contributed by atoms with Gasteiger partial charge in [0.25, 0.3) is 0 Å². The van der Waals surface area contributed by atoms with Crippen molar-refractivity contribution >= 4 is 28.6 Å². The number of hydrogen-bond acceptors (Lipinski definition) is 4. The van der Waals surface area contributed by atoms with Gasteiger partial charge < -0.3 is 9.47 Å². The Labute approximate surface area is 215 Å². The standard InChI is InChI=1S/C29H31ClO4S/c1-21(2)26-28(19-18-23-10-6-4-7-11-23,20-33-27(31)34-24-12-8-5-9-13-24)29(26,30)35(32)25-16-14-22(3)15-17-25/h4-17,21,26H,18-20H2,1-3H3/t26-,28-,29+,35?/m1/s1. The summed E-state index contributed by atoms with van der Waals surface area (Å²) >= 11 is 7.33. The molecule has 184 valence electrons. The molecule has 4 atom stereocenters. The number of para-hydroxylation sites is 1. The van der Waals surface area contributed by atoms with Crippen LogP contribution in [0.5, 0.6) is 5.75 Å². The van der Waals surface area contributed by atoms with Crippen molar-refractivity contribution in [3.05, 3.63) is 96.1 Å². The number of carbonyl (C=O) groups excluding carboxylic acids is 1. The van der Waals surface area contributed by atoms with Gasteiger partial charge in [0.05, 0.1) is 10.8 Å².